The number of ketones is 2. The minimum atomic E-state index is 0.0163. The monoisotopic (exact) mass is 841 g/mol. The molecule has 2 N–H and O–H groups in total. The smallest absolute Gasteiger partial charge is 0.120 e. The number of nitrogens with one attached hydrogen (secondary N) is 2. The van der Waals surface area contributed by atoms with E-state index in [2.05, 4.69) is 81.0 Å². The molecule has 0 amide bonds. The second kappa shape index (κ2) is 17.8. The SMILES string of the molecule is O=C1C(c2cccc3ccccc23)=c2ccccc2=C/C1=C/N[C@@H]1CCCC[C@H]1N/C=C1/C=c2ccccc2=C(c2cccc3ccccc23)C1=O.[Cl][Ru].[N]=O. The van der Waals surface area contributed by atoms with Gasteiger partial charge in [-0.25, -0.2) is 0 Å². The van der Waals surface area contributed by atoms with Gasteiger partial charge in [-0.2, -0.15) is 0 Å². The van der Waals surface area contributed by atoms with Crippen LogP contribution >= 0.6 is 9.69 Å². The van der Waals surface area contributed by atoms with Gasteiger partial charge in [0.2, 0.25) is 0 Å². The zero-order valence-corrected chi connectivity index (χ0v) is 32.9. The molecule has 0 bridgehead atoms. The van der Waals surface area contributed by atoms with Crippen molar-refractivity contribution in [1.29, 1.82) is 0 Å². The van der Waals surface area contributed by atoms with Crippen molar-refractivity contribution in [2.75, 3.05) is 0 Å². The maximum Gasteiger partial charge on any atom is 0.120 e. The first-order chi connectivity index (χ1) is 27.6. The topological polar surface area (TPSA) is 97.6 Å². The summed E-state index contributed by atoms with van der Waals surface area (Å²) in [4.78, 5) is 35.9. The van der Waals surface area contributed by atoms with Gasteiger partial charge in [-0.3, -0.25) is 9.59 Å². The van der Waals surface area contributed by atoms with Gasteiger partial charge in [-0.05, 0) is 78.5 Å². The molecule has 6 aromatic rings. The number of carbonyl (C=O) groups excluding carboxylic acids is 2. The molecular weight excluding hydrogens is 803 g/mol. The van der Waals surface area contributed by atoms with Crippen molar-refractivity contribution >= 4 is 66.1 Å². The molecule has 278 valence electrons. The summed E-state index contributed by atoms with van der Waals surface area (Å²) in [7, 11) is 4.57. The summed E-state index contributed by atoms with van der Waals surface area (Å²) in [6.07, 6.45) is 12.0. The molecule has 1 fully saturated rings. The normalized spacial score (nSPS) is 18.8. The largest absolute Gasteiger partial charge is 0.120 e. The summed E-state index contributed by atoms with van der Waals surface area (Å²) in [5.74, 6) is 0.0325. The van der Waals surface area contributed by atoms with Crippen LogP contribution in [0, 0.1) is 4.91 Å². The Kier molecular flexibility index (Phi) is 12.2. The minimum Gasteiger partial charge on any atom is -0.120 e. The number of benzene rings is 6. The van der Waals surface area contributed by atoms with E-state index in [-0.39, 0.29) is 23.7 Å². The molecule has 0 aliphatic heterocycles. The van der Waals surface area contributed by atoms with Gasteiger partial charge in [0.25, 0.3) is 0 Å². The molecule has 1 radical (unpaired) electrons. The maximum absolute atomic E-state index is 14.3. The van der Waals surface area contributed by atoms with E-state index >= 15 is 0 Å². The standard InChI is InChI=1S/C48H38N2O2.ClH.NO.Ru/c51-47-35(27-33-15-3-7-21-39(33)45(47)41-23-11-17-31-13-1-5-19-37(31)41)29-49-43-25-9-10-26-44(43)50-30-36-28-34-16-4-8-22-40(34)46(48(36)52)42-24-12-18-32-14-2-6-20-38(32)42;;1-2;/h1-8,11-24,27-30,43-44,49-50H,9-10,25-26H2;1H;;/q;;;+1/p-1/b35-29-,36-30-;;;/t43-,44-;;;/m1.../s1. The molecule has 3 aliphatic rings. The zero-order chi connectivity index (χ0) is 39.0. The van der Waals surface area contributed by atoms with Crippen LogP contribution in [0.5, 0.6) is 0 Å². The number of hydrogen-bond acceptors (Lipinski definition) is 5. The fourth-order valence-corrected chi connectivity index (χ4v) is 8.26. The molecule has 6 aromatic carbocycles. The summed E-state index contributed by atoms with van der Waals surface area (Å²) in [6.45, 7) is 0. The van der Waals surface area contributed by atoms with Gasteiger partial charge in [0, 0.05) is 46.8 Å². The molecule has 56 heavy (non-hydrogen) atoms. The molecule has 0 heterocycles. The van der Waals surface area contributed by atoms with Crippen LogP contribution in [0.25, 0.3) is 44.8 Å². The van der Waals surface area contributed by atoms with Crippen LogP contribution in [0.4, 0.5) is 0 Å². The predicted molar refractivity (Wildman–Crippen MR) is 223 cm³/mol. The summed E-state index contributed by atoms with van der Waals surface area (Å²) in [5, 5.41) is 15.7. The summed E-state index contributed by atoms with van der Waals surface area (Å²) in [5.41, 5.74) is 10.4. The van der Waals surface area contributed by atoms with Crippen LogP contribution in [0.15, 0.2) is 157 Å². The number of fused-ring (bicyclic) bond motifs is 4. The van der Waals surface area contributed by atoms with Gasteiger partial charge in [0.05, 0.1) is 0 Å². The van der Waals surface area contributed by atoms with Crippen molar-refractivity contribution in [2.24, 2.45) is 0 Å². The second-order valence-electron chi connectivity index (χ2n) is 14.0. The Morgan fingerprint density at radius 1 is 0.518 bits per heavy atom. The van der Waals surface area contributed by atoms with Crippen LogP contribution in [0.2, 0.25) is 0 Å². The summed E-state index contributed by atoms with van der Waals surface area (Å²) >= 11 is 1.82. The first kappa shape index (κ1) is 38.5. The number of hydrogen-bond donors (Lipinski definition) is 2. The molecule has 8 heteroatoms. The fourth-order valence-electron chi connectivity index (χ4n) is 8.26. The third-order valence-corrected chi connectivity index (χ3v) is 10.9. The van der Waals surface area contributed by atoms with Crippen molar-refractivity contribution < 1.29 is 26.9 Å². The van der Waals surface area contributed by atoms with Crippen LogP contribution < -0.4 is 37.1 Å². The number of nitroso groups, excluding NO2 is 1. The van der Waals surface area contributed by atoms with Crippen LogP contribution in [-0.2, 0) is 26.9 Å². The Bertz CT molecular complexity index is 2590. The Morgan fingerprint density at radius 2 is 0.893 bits per heavy atom. The van der Waals surface area contributed by atoms with E-state index in [9.17, 15) is 9.59 Å². The van der Waals surface area contributed by atoms with E-state index in [1.54, 1.807) is 0 Å². The van der Waals surface area contributed by atoms with Gasteiger partial charge in [-0.15, -0.1) is 4.91 Å². The van der Waals surface area contributed by atoms with Crippen LogP contribution in [0.1, 0.15) is 36.8 Å². The van der Waals surface area contributed by atoms with E-state index in [0.717, 1.165) is 90.4 Å². The third-order valence-electron chi connectivity index (χ3n) is 10.9. The number of halogens is 1. The summed E-state index contributed by atoms with van der Waals surface area (Å²) < 4.78 is 0. The minimum absolute atomic E-state index is 0.0163. The maximum atomic E-state index is 14.3. The molecular formula is C48H38ClN3O3Ru. The van der Waals surface area contributed by atoms with Crippen molar-refractivity contribution in [2.45, 2.75) is 37.8 Å². The Hall–Kier alpha value is -5.75. The first-order valence-corrected chi connectivity index (χ1v) is 20.8. The number of rotatable bonds is 6. The number of carbonyl (C=O) groups is 2. The molecule has 0 aromatic heterocycles. The quantitative estimate of drug-likeness (QED) is 0.151. The molecule has 0 unspecified atom stereocenters. The number of allylic oxidation sites excluding steroid dienone is 2. The Balaban J connectivity index is 0.00000117. The van der Waals surface area contributed by atoms with Crippen LogP contribution in [-0.4, -0.2) is 23.7 Å². The third kappa shape index (κ3) is 7.58. The second-order valence-corrected chi connectivity index (χ2v) is 14.0. The van der Waals surface area contributed by atoms with E-state index in [1.807, 2.05) is 115 Å². The predicted octanol–water partition coefficient (Wildman–Crippen LogP) is 6.32. The molecule has 2 atom stereocenters. The number of nitrogens with zero attached hydrogens (tertiary/aromatic N) is 1. The van der Waals surface area contributed by atoms with Crippen molar-refractivity contribution in [3.8, 4) is 0 Å². The fraction of sp³-hybridized carbons (Fsp3) is 0.125. The van der Waals surface area contributed by atoms with E-state index < -0.39 is 0 Å². The molecule has 3 aliphatic carbocycles. The molecule has 0 spiro atoms. The van der Waals surface area contributed by atoms with Gasteiger partial charge < -0.3 is 10.6 Å². The van der Waals surface area contributed by atoms with Gasteiger partial charge in [-0.1, -0.05) is 146 Å². The van der Waals surface area contributed by atoms with Gasteiger partial charge in [0.15, 0.2) is 11.6 Å². The molecule has 6 nitrogen and oxygen atoms in total. The number of Topliss-reactive ketones (excluding diaryl/α,β-unsaturated/α-hetero) is 2. The molecule has 0 saturated heterocycles. The van der Waals surface area contributed by atoms with Crippen LogP contribution in [0.3, 0.4) is 0 Å². The van der Waals surface area contributed by atoms with Gasteiger partial charge in [0.1, 0.15) is 5.59 Å². The Labute approximate surface area is 339 Å². The zero-order valence-electron chi connectivity index (χ0n) is 30.4. The molecule has 9 rings (SSSR count). The average Bonchev–Trinajstić information content (AvgIpc) is 3.26. The average molecular weight is 841 g/mol. The molecule has 1 saturated carbocycles. The Morgan fingerprint density at radius 3 is 1.34 bits per heavy atom. The van der Waals surface area contributed by atoms with Gasteiger partial charge >= 0.3 is 27.0 Å². The van der Waals surface area contributed by atoms with Crippen molar-refractivity contribution in [3.63, 3.8) is 0 Å². The summed E-state index contributed by atoms with van der Waals surface area (Å²) in [6, 6.07) is 45.3. The van der Waals surface area contributed by atoms with Crippen molar-refractivity contribution in [3.05, 3.63) is 194 Å². The van der Waals surface area contributed by atoms with E-state index in [1.165, 1.54) is 0 Å². The van der Waals surface area contributed by atoms with Crippen molar-refractivity contribution in [1.82, 2.24) is 16.2 Å². The van der Waals surface area contributed by atoms with E-state index in [0.29, 0.717) is 11.1 Å². The first-order valence-electron chi connectivity index (χ1n) is 18.6. The van der Waals surface area contributed by atoms with E-state index in [4.69, 9.17) is 10.5 Å².